The Morgan fingerprint density at radius 1 is 1.38 bits per heavy atom. The first-order valence-corrected chi connectivity index (χ1v) is 2.78. The molecule has 46 valence electrons. The molecule has 1 fully saturated rings. The van der Waals surface area contributed by atoms with Gasteiger partial charge in [-0.3, -0.25) is 0 Å². The Morgan fingerprint density at radius 3 is 3.12 bits per heavy atom. The molecule has 1 heterocycles. The minimum Gasteiger partial charge on any atom is -0.496 e. The summed E-state index contributed by atoms with van der Waals surface area (Å²) in [6, 6.07) is 0. The highest BCUT2D eigenvalue weighted by atomic mass is 16.5. The van der Waals surface area contributed by atoms with Gasteiger partial charge in [0.05, 0.1) is 13.2 Å². The van der Waals surface area contributed by atoms with Gasteiger partial charge in [-0.05, 0) is 0 Å². The average molecular weight is 114 g/mol. The van der Waals surface area contributed by atoms with Crippen molar-refractivity contribution in [3.05, 3.63) is 12.3 Å². The molecule has 2 nitrogen and oxygen atoms in total. The van der Waals surface area contributed by atoms with E-state index in [1.807, 2.05) is 0 Å². The molecule has 0 radical (unpaired) electrons. The third kappa shape index (κ3) is 1.54. The third-order valence-electron chi connectivity index (χ3n) is 1.00. The average Bonchev–Trinajstić information content (AvgIpc) is 1.94. The maximum Gasteiger partial charge on any atom is 0.114 e. The summed E-state index contributed by atoms with van der Waals surface area (Å²) >= 11 is 0. The molecule has 0 unspecified atom stereocenters. The summed E-state index contributed by atoms with van der Waals surface area (Å²) in [5.74, 6) is 0.752. The standard InChI is InChI=1S/C6H10O2/c1-6-5-7-3-2-4-8-6/h1-5H2. The maximum absolute atomic E-state index is 5.08. The van der Waals surface area contributed by atoms with Gasteiger partial charge in [-0.2, -0.15) is 0 Å². The molecule has 0 spiro atoms. The van der Waals surface area contributed by atoms with Crippen LogP contribution >= 0.6 is 0 Å². The van der Waals surface area contributed by atoms with E-state index < -0.39 is 0 Å². The van der Waals surface area contributed by atoms with Gasteiger partial charge in [0, 0.05) is 6.42 Å². The molecule has 1 aliphatic heterocycles. The molecular formula is C6H10O2. The van der Waals surface area contributed by atoms with Crippen molar-refractivity contribution in [1.29, 1.82) is 0 Å². The van der Waals surface area contributed by atoms with E-state index in [-0.39, 0.29) is 0 Å². The lowest BCUT2D eigenvalue weighted by Crippen LogP contribution is -1.93. The zero-order chi connectivity index (χ0) is 5.82. The summed E-state index contributed by atoms with van der Waals surface area (Å²) in [5, 5.41) is 0. The summed E-state index contributed by atoms with van der Waals surface area (Å²) in [6.45, 7) is 5.76. The highest BCUT2D eigenvalue weighted by Crippen LogP contribution is 2.01. The van der Waals surface area contributed by atoms with Crippen molar-refractivity contribution in [3.8, 4) is 0 Å². The van der Waals surface area contributed by atoms with Gasteiger partial charge in [-0.15, -0.1) is 0 Å². The van der Waals surface area contributed by atoms with Crippen LogP contribution in [-0.4, -0.2) is 19.8 Å². The first-order chi connectivity index (χ1) is 3.89. The van der Waals surface area contributed by atoms with Gasteiger partial charge < -0.3 is 9.47 Å². The van der Waals surface area contributed by atoms with Crippen molar-refractivity contribution < 1.29 is 9.47 Å². The fourth-order valence-corrected chi connectivity index (χ4v) is 0.605. The van der Waals surface area contributed by atoms with Crippen LogP contribution in [0.1, 0.15) is 6.42 Å². The first-order valence-electron chi connectivity index (χ1n) is 2.78. The van der Waals surface area contributed by atoms with E-state index in [9.17, 15) is 0 Å². The zero-order valence-corrected chi connectivity index (χ0v) is 4.85. The summed E-state index contributed by atoms with van der Waals surface area (Å²) < 4.78 is 10.2. The van der Waals surface area contributed by atoms with Gasteiger partial charge in [0.2, 0.25) is 0 Å². The number of hydrogen-bond donors (Lipinski definition) is 0. The second kappa shape index (κ2) is 2.72. The Hall–Kier alpha value is -0.500. The molecule has 0 atom stereocenters. The summed E-state index contributed by atoms with van der Waals surface area (Å²) in [5.41, 5.74) is 0. The van der Waals surface area contributed by atoms with Gasteiger partial charge in [0.1, 0.15) is 12.4 Å². The van der Waals surface area contributed by atoms with Gasteiger partial charge in [0.25, 0.3) is 0 Å². The van der Waals surface area contributed by atoms with E-state index in [1.165, 1.54) is 0 Å². The fourth-order valence-electron chi connectivity index (χ4n) is 0.605. The van der Waals surface area contributed by atoms with E-state index in [1.54, 1.807) is 0 Å². The lowest BCUT2D eigenvalue weighted by atomic mass is 10.5. The zero-order valence-electron chi connectivity index (χ0n) is 4.85. The second-order valence-corrected chi connectivity index (χ2v) is 1.79. The van der Waals surface area contributed by atoms with E-state index in [0.29, 0.717) is 6.61 Å². The maximum atomic E-state index is 5.08. The minimum absolute atomic E-state index is 0.569. The third-order valence-corrected chi connectivity index (χ3v) is 1.00. The molecule has 0 aromatic rings. The number of rotatable bonds is 0. The monoisotopic (exact) mass is 114 g/mol. The van der Waals surface area contributed by atoms with E-state index in [0.717, 1.165) is 25.4 Å². The van der Waals surface area contributed by atoms with E-state index >= 15 is 0 Å². The Labute approximate surface area is 49.1 Å². The molecule has 0 aromatic carbocycles. The second-order valence-electron chi connectivity index (χ2n) is 1.79. The van der Waals surface area contributed by atoms with Crippen molar-refractivity contribution >= 4 is 0 Å². The topological polar surface area (TPSA) is 18.5 Å². The summed E-state index contributed by atoms with van der Waals surface area (Å²) in [7, 11) is 0. The molecule has 1 aliphatic rings. The largest absolute Gasteiger partial charge is 0.496 e. The molecule has 0 bridgehead atoms. The quantitative estimate of drug-likeness (QED) is 0.466. The molecule has 0 N–H and O–H groups in total. The van der Waals surface area contributed by atoms with Crippen LogP contribution < -0.4 is 0 Å². The van der Waals surface area contributed by atoms with Crippen molar-refractivity contribution in [3.63, 3.8) is 0 Å². The first kappa shape index (κ1) is 5.63. The van der Waals surface area contributed by atoms with Gasteiger partial charge in [-0.25, -0.2) is 0 Å². The molecule has 8 heavy (non-hydrogen) atoms. The van der Waals surface area contributed by atoms with Crippen LogP contribution in [0.3, 0.4) is 0 Å². The van der Waals surface area contributed by atoms with Crippen LogP contribution in [0.5, 0.6) is 0 Å². The van der Waals surface area contributed by atoms with Crippen molar-refractivity contribution in [2.24, 2.45) is 0 Å². The van der Waals surface area contributed by atoms with Gasteiger partial charge in [0.15, 0.2) is 0 Å². The van der Waals surface area contributed by atoms with Crippen molar-refractivity contribution in [2.45, 2.75) is 6.42 Å². The normalized spacial score (nSPS) is 21.8. The molecule has 0 aliphatic carbocycles. The molecule has 0 saturated carbocycles. The van der Waals surface area contributed by atoms with Crippen LogP contribution in [0.15, 0.2) is 12.3 Å². The van der Waals surface area contributed by atoms with Crippen LogP contribution in [0.2, 0.25) is 0 Å². The highest BCUT2D eigenvalue weighted by Gasteiger charge is 1.99. The summed E-state index contributed by atoms with van der Waals surface area (Å²) in [6.07, 6.45) is 0.985. The number of hydrogen-bond acceptors (Lipinski definition) is 2. The van der Waals surface area contributed by atoms with Crippen LogP contribution in [0, 0.1) is 0 Å². The van der Waals surface area contributed by atoms with Crippen molar-refractivity contribution in [2.75, 3.05) is 19.8 Å². The molecule has 2 heteroatoms. The lowest BCUT2D eigenvalue weighted by Gasteiger charge is -1.99. The van der Waals surface area contributed by atoms with Gasteiger partial charge in [-0.1, -0.05) is 6.58 Å². The SMILES string of the molecule is C=C1COCCCO1. The Balaban J connectivity index is 2.27. The van der Waals surface area contributed by atoms with Crippen LogP contribution in [-0.2, 0) is 9.47 Å². The van der Waals surface area contributed by atoms with Crippen LogP contribution in [0.4, 0.5) is 0 Å². The molecule has 0 amide bonds. The molecule has 1 rings (SSSR count). The minimum atomic E-state index is 0.569. The Kier molecular flexibility index (Phi) is 1.92. The predicted molar refractivity (Wildman–Crippen MR) is 30.5 cm³/mol. The highest BCUT2D eigenvalue weighted by molar-refractivity contribution is 4.82. The molecule has 0 aromatic heterocycles. The predicted octanol–water partition coefficient (Wildman–Crippen LogP) is 0.937. The lowest BCUT2D eigenvalue weighted by molar-refractivity contribution is 0.153. The smallest absolute Gasteiger partial charge is 0.114 e. The molecule has 1 saturated heterocycles. The molecular weight excluding hydrogens is 104 g/mol. The van der Waals surface area contributed by atoms with E-state index in [4.69, 9.17) is 9.47 Å². The summed E-state index contributed by atoms with van der Waals surface area (Å²) in [4.78, 5) is 0. The fraction of sp³-hybridized carbons (Fsp3) is 0.667. The van der Waals surface area contributed by atoms with E-state index in [2.05, 4.69) is 6.58 Å². The number of ether oxygens (including phenoxy) is 2. The Bertz CT molecular complexity index is 78.5. The Morgan fingerprint density at radius 2 is 2.25 bits per heavy atom. The van der Waals surface area contributed by atoms with Crippen LogP contribution in [0.25, 0.3) is 0 Å². The van der Waals surface area contributed by atoms with Gasteiger partial charge >= 0.3 is 0 Å². The van der Waals surface area contributed by atoms with Crippen molar-refractivity contribution in [1.82, 2.24) is 0 Å².